The Morgan fingerprint density at radius 3 is 2.39 bits per heavy atom. The molecular formula is C12H16N2O3S. The van der Waals surface area contributed by atoms with Crippen LogP contribution in [0.15, 0.2) is 29.7 Å². The first-order valence-electron chi connectivity index (χ1n) is 5.30. The minimum absolute atomic E-state index is 0.333. The number of hydrogen-bond acceptors (Lipinski definition) is 3. The summed E-state index contributed by atoms with van der Waals surface area (Å²) in [5, 5.41) is 1.06. The van der Waals surface area contributed by atoms with E-state index < -0.39 is 15.9 Å². The fraction of sp³-hybridized carbons (Fsp3) is 0.250. The Balaban J connectivity index is 2.82. The van der Waals surface area contributed by atoms with Gasteiger partial charge in [-0.2, -0.15) is 4.31 Å². The van der Waals surface area contributed by atoms with E-state index in [9.17, 15) is 13.2 Å². The number of nitrogens with two attached hydrogens (primary N) is 1. The molecule has 0 heterocycles. The Kier molecular flexibility index (Phi) is 4.63. The van der Waals surface area contributed by atoms with E-state index in [2.05, 4.69) is 0 Å². The second-order valence-electron chi connectivity index (χ2n) is 3.98. The SMILES string of the molecule is Cc1ccc(/C=C/S(=O)(=O)N(C)CC(N)=O)cc1. The fourth-order valence-corrected chi connectivity index (χ4v) is 2.10. The molecule has 0 atom stereocenters. The summed E-state index contributed by atoms with van der Waals surface area (Å²) in [6, 6.07) is 7.41. The third kappa shape index (κ3) is 4.31. The average molecular weight is 268 g/mol. The van der Waals surface area contributed by atoms with Gasteiger partial charge in [0.05, 0.1) is 6.54 Å². The molecule has 0 aliphatic rings. The lowest BCUT2D eigenvalue weighted by Crippen LogP contribution is -2.34. The van der Waals surface area contributed by atoms with Crippen molar-refractivity contribution in [2.75, 3.05) is 13.6 Å². The molecule has 0 saturated heterocycles. The maximum atomic E-state index is 11.7. The van der Waals surface area contributed by atoms with Crippen LogP contribution >= 0.6 is 0 Å². The predicted molar refractivity (Wildman–Crippen MR) is 71.0 cm³/mol. The number of amides is 1. The van der Waals surface area contributed by atoms with Crippen LogP contribution in [0.1, 0.15) is 11.1 Å². The first-order chi connectivity index (χ1) is 8.31. The average Bonchev–Trinajstić information content (AvgIpc) is 2.27. The third-order valence-electron chi connectivity index (χ3n) is 2.32. The van der Waals surface area contributed by atoms with Gasteiger partial charge in [0.25, 0.3) is 0 Å². The van der Waals surface area contributed by atoms with Gasteiger partial charge in [0.15, 0.2) is 0 Å². The molecular weight excluding hydrogens is 252 g/mol. The Labute approximate surface area is 107 Å². The normalized spacial score (nSPS) is 12.2. The lowest BCUT2D eigenvalue weighted by atomic mass is 10.2. The van der Waals surface area contributed by atoms with Crippen LogP contribution in [0.4, 0.5) is 0 Å². The zero-order chi connectivity index (χ0) is 13.8. The molecule has 1 aromatic rings. The molecule has 1 amide bonds. The summed E-state index contributed by atoms with van der Waals surface area (Å²) in [5.41, 5.74) is 6.82. The standard InChI is InChI=1S/C12H16N2O3S/c1-10-3-5-11(6-4-10)7-8-18(16,17)14(2)9-12(13)15/h3-8H,9H2,1-2H3,(H2,13,15)/b8-7+. The summed E-state index contributed by atoms with van der Waals surface area (Å²) in [4.78, 5) is 10.7. The van der Waals surface area contributed by atoms with Crippen LogP contribution in [-0.4, -0.2) is 32.2 Å². The van der Waals surface area contributed by atoms with Gasteiger partial charge in [0.1, 0.15) is 0 Å². The van der Waals surface area contributed by atoms with Crippen molar-refractivity contribution < 1.29 is 13.2 Å². The van der Waals surface area contributed by atoms with Crippen LogP contribution in [-0.2, 0) is 14.8 Å². The first-order valence-corrected chi connectivity index (χ1v) is 6.81. The quantitative estimate of drug-likeness (QED) is 0.854. The van der Waals surface area contributed by atoms with Gasteiger partial charge in [-0.15, -0.1) is 0 Å². The monoisotopic (exact) mass is 268 g/mol. The van der Waals surface area contributed by atoms with Crippen LogP contribution < -0.4 is 5.73 Å². The summed E-state index contributed by atoms with van der Waals surface area (Å²) >= 11 is 0. The van der Waals surface area contributed by atoms with Gasteiger partial charge in [-0.3, -0.25) is 4.79 Å². The van der Waals surface area contributed by atoms with Gasteiger partial charge in [-0.25, -0.2) is 8.42 Å². The highest BCUT2D eigenvalue weighted by atomic mass is 32.2. The summed E-state index contributed by atoms with van der Waals surface area (Å²) < 4.78 is 24.4. The van der Waals surface area contributed by atoms with Gasteiger partial charge in [0.2, 0.25) is 15.9 Å². The highest BCUT2D eigenvalue weighted by Crippen LogP contribution is 2.08. The molecule has 2 N–H and O–H groups in total. The van der Waals surface area contributed by atoms with Crippen LogP contribution in [0.3, 0.4) is 0 Å². The molecule has 6 heteroatoms. The van der Waals surface area contributed by atoms with E-state index in [4.69, 9.17) is 5.73 Å². The highest BCUT2D eigenvalue weighted by Gasteiger charge is 2.15. The van der Waals surface area contributed by atoms with Gasteiger partial charge >= 0.3 is 0 Å². The van der Waals surface area contributed by atoms with Gasteiger partial charge in [-0.1, -0.05) is 29.8 Å². The zero-order valence-corrected chi connectivity index (χ0v) is 11.1. The largest absolute Gasteiger partial charge is 0.369 e. The number of nitrogens with zero attached hydrogens (tertiary/aromatic N) is 1. The van der Waals surface area contributed by atoms with Crippen molar-refractivity contribution in [2.45, 2.75) is 6.92 Å². The van der Waals surface area contributed by atoms with E-state index in [1.54, 1.807) is 0 Å². The van der Waals surface area contributed by atoms with Crippen LogP contribution in [0.25, 0.3) is 6.08 Å². The molecule has 1 rings (SSSR count). The second kappa shape index (κ2) is 5.79. The van der Waals surface area contributed by atoms with Gasteiger partial charge in [-0.05, 0) is 18.6 Å². The van der Waals surface area contributed by atoms with Crippen LogP contribution in [0.2, 0.25) is 0 Å². The number of likely N-dealkylation sites (N-methyl/N-ethyl adjacent to an activating group) is 1. The van der Waals surface area contributed by atoms with Crippen molar-refractivity contribution in [1.82, 2.24) is 4.31 Å². The number of sulfonamides is 1. The molecule has 18 heavy (non-hydrogen) atoms. The molecule has 0 radical (unpaired) electrons. The third-order valence-corrected chi connectivity index (χ3v) is 3.80. The van der Waals surface area contributed by atoms with E-state index >= 15 is 0 Å². The molecule has 5 nitrogen and oxygen atoms in total. The molecule has 0 unspecified atom stereocenters. The van der Waals surface area contributed by atoms with E-state index in [0.29, 0.717) is 0 Å². The number of rotatable bonds is 5. The summed E-state index contributed by atoms with van der Waals surface area (Å²) in [7, 11) is -2.31. The fourth-order valence-electron chi connectivity index (χ4n) is 1.26. The number of primary amides is 1. The lowest BCUT2D eigenvalue weighted by molar-refractivity contribution is -0.118. The molecule has 0 aromatic heterocycles. The van der Waals surface area contributed by atoms with Crippen molar-refractivity contribution in [3.63, 3.8) is 0 Å². The Morgan fingerprint density at radius 1 is 1.33 bits per heavy atom. The highest BCUT2D eigenvalue weighted by molar-refractivity contribution is 7.92. The van der Waals surface area contributed by atoms with Gasteiger partial charge < -0.3 is 5.73 Å². The topological polar surface area (TPSA) is 80.5 Å². The molecule has 0 fully saturated rings. The molecule has 0 bridgehead atoms. The maximum absolute atomic E-state index is 11.7. The predicted octanol–water partition coefficient (Wildman–Crippen LogP) is 0.713. The van der Waals surface area contributed by atoms with Crippen LogP contribution in [0.5, 0.6) is 0 Å². The summed E-state index contributed by atoms with van der Waals surface area (Å²) in [6.45, 7) is 1.62. The molecule has 0 aliphatic heterocycles. The molecule has 0 saturated carbocycles. The van der Waals surface area contributed by atoms with E-state index in [-0.39, 0.29) is 6.54 Å². The lowest BCUT2D eigenvalue weighted by Gasteiger charge is -2.11. The second-order valence-corrected chi connectivity index (χ2v) is 5.91. The van der Waals surface area contributed by atoms with Crippen molar-refractivity contribution in [3.8, 4) is 0 Å². The Bertz CT molecular complexity index is 547. The summed E-state index contributed by atoms with van der Waals surface area (Å²) in [5.74, 6) is -0.690. The zero-order valence-electron chi connectivity index (χ0n) is 10.3. The first kappa shape index (κ1) is 14.4. The smallest absolute Gasteiger partial charge is 0.236 e. The van der Waals surface area contributed by atoms with Crippen molar-refractivity contribution in [3.05, 3.63) is 40.8 Å². The van der Waals surface area contributed by atoms with E-state index in [1.165, 1.54) is 13.1 Å². The Morgan fingerprint density at radius 2 is 1.89 bits per heavy atom. The van der Waals surface area contributed by atoms with Crippen molar-refractivity contribution in [2.24, 2.45) is 5.73 Å². The molecule has 0 spiro atoms. The number of aryl methyl sites for hydroxylation is 1. The number of benzene rings is 1. The minimum atomic E-state index is -3.61. The van der Waals surface area contributed by atoms with Crippen LogP contribution in [0, 0.1) is 6.92 Å². The molecule has 98 valence electrons. The van der Waals surface area contributed by atoms with Crippen molar-refractivity contribution in [1.29, 1.82) is 0 Å². The minimum Gasteiger partial charge on any atom is -0.369 e. The maximum Gasteiger partial charge on any atom is 0.236 e. The number of carbonyl (C=O) groups excluding carboxylic acids is 1. The Hall–Kier alpha value is -1.66. The molecule has 0 aliphatic carbocycles. The molecule has 1 aromatic carbocycles. The number of hydrogen-bond donors (Lipinski definition) is 1. The number of carbonyl (C=O) groups is 1. The summed E-state index contributed by atoms with van der Waals surface area (Å²) in [6.07, 6.45) is 1.48. The van der Waals surface area contributed by atoms with E-state index in [0.717, 1.165) is 20.8 Å². The van der Waals surface area contributed by atoms with Gasteiger partial charge in [0, 0.05) is 12.5 Å². The van der Waals surface area contributed by atoms with E-state index in [1.807, 2.05) is 31.2 Å². The van der Waals surface area contributed by atoms with Crippen molar-refractivity contribution >= 4 is 22.0 Å².